The van der Waals surface area contributed by atoms with Crippen LogP contribution in [0.3, 0.4) is 0 Å². The van der Waals surface area contributed by atoms with Crippen LogP contribution >= 0.6 is 0 Å². The van der Waals surface area contributed by atoms with Gasteiger partial charge in [-0.15, -0.1) is 5.16 Å². The molecule has 0 aromatic carbocycles. The van der Waals surface area contributed by atoms with E-state index in [4.69, 9.17) is 4.53 Å². The number of hydrogen-bond donors (Lipinski definition) is 0. The molecule has 0 radical (unpaired) electrons. The van der Waals surface area contributed by atoms with Crippen molar-refractivity contribution in [3.05, 3.63) is 0 Å². The highest BCUT2D eigenvalue weighted by atomic mass is 28.4. The van der Waals surface area contributed by atoms with Crippen LogP contribution in [0.1, 0.15) is 19.8 Å². The Morgan fingerprint density at radius 1 is 1.40 bits per heavy atom. The Bertz CT molecular complexity index is 107. The van der Waals surface area contributed by atoms with E-state index in [1.54, 1.807) is 0 Å². The van der Waals surface area contributed by atoms with Crippen molar-refractivity contribution >= 4 is 14.5 Å². The monoisotopic (exact) mass is 159 g/mol. The molecule has 0 aliphatic rings. The van der Waals surface area contributed by atoms with E-state index >= 15 is 0 Å². The number of nitrogens with zero attached hydrogens (tertiary/aromatic N) is 1. The molecule has 0 heterocycles. The SMILES string of the molecule is CCCC=NO[Si](C)(C)C. The van der Waals surface area contributed by atoms with Gasteiger partial charge < -0.3 is 4.53 Å². The minimum atomic E-state index is -1.41. The van der Waals surface area contributed by atoms with Crippen LogP contribution in [0.5, 0.6) is 0 Å². The lowest BCUT2D eigenvalue weighted by molar-refractivity contribution is 0.336. The van der Waals surface area contributed by atoms with E-state index in [0.29, 0.717) is 0 Å². The first-order valence-electron chi connectivity index (χ1n) is 3.76. The molecular formula is C7H17NOSi. The summed E-state index contributed by atoms with van der Waals surface area (Å²) in [4.78, 5) is 0. The average molecular weight is 159 g/mol. The summed E-state index contributed by atoms with van der Waals surface area (Å²) in [6.07, 6.45) is 4.00. The Balaban J connectivity index is 3.34. The quantitative estimate of drug-likeness (QED) is 0.351. The fourth-order valence-electron chi connectivity index (χ4n) is 0.377. The van der Waals surface area contributed by atoms with Gasteiger partial charge in [-0.1, -0.05) is 13.3 Å². The summed E-state index contributed by atoms with van der Waals surface area (Å²) in [5.74, 6) is 0. The molecule has 0 N–H and O–H groups in total. The van der Waals surface area contributed by atoms with E-state index in [9.17, 15) is 0 Å². The van der Waals surface area contributed by atoms with E-state index in [-0.39, 0.29) is 0 Å². The maximum atomic E-state index is 5.24. The molecular weight excluding hydrogens is 142 g/mol. The Morgan fingerprint density at radius 3 is 2.40 bits per heavy atom. The van der Waals surface area contributed by atoms with Crippen LogP contribution in [0.25, 0.3) is 0 Å². The van der Waals surface area contributed by atoms with E-state index in [2.05, 4.69) is 31.7 Å². The second-order valence-corrected chi connectivity index (χ2v) is 7.69. The molecule has 60 valence electrons. The smallest absolute Gasteiger partial charge is 0.278 e. The molecule has 0 aromatic heterocycles. The maximum absolute atomic E-state index is 5.24. The highest BCUT2D eigenvalue weighted by Gasteiger charge is 2.14. The molecule has 0 atom stereocenters. The standard InChI is InChI=1S/C7H17NOSi/c1-5-6-7-8-9-10(2,3)4/h7H,5-6H2,1-4H3. The van der Waals surface area contributed by atoms with Gasteiger partial charge in [0, 0.05) is 6.21 Å². The molecule has 0 fully saturated rings. The third-order valence-electron chi connectivity index (χ3n) is 0.819. The molecule has 0 aromatic rings. The summed E-state index contributed by atoms with van der Waals surface area (Å²) >= 11 is 0. The second-order valence-electron chi connectivity index (χ2n) is 3.28. The van der Waals surface area contributed by atoms with Crippen molar-refractivity contribution in [3.63, 3.8) is 0 Å². The van der Waals surface area contributed by atoms with Gasteiger partial charge in [0.25, 0.3) is 8.32 Å². The van der Waals surface area contributed by atoms with Gasteiger partial charge in [-0.25, -0.2) is 0 Å². The molecule has 0 aliphatic carbocycles. The average Bonchev–Trinajstić information content (AvgIpc) is 1.78. The third-order valence-corrected chi connectivity index (χ3v) is 1.47. The largest absolute Gasteiger partial charge is 0.456 e. The molecule has 0 amide bonds. The van der Waals surface area contributed by atoms with Gasteiger partial charge in [0.2, 0.25) is 0 Å². The van der Waals surface area contributed by atoms with Crippen molar-refractivity contribution in [3.8, 4) is 0 Å². The van der Waals surface area contributed by atoms with Gasteiger partial charge in [-0.2, -0.15) is 0 Å². The van der Waals surface area contributed by atoms with Crippen LogP contribution in [0.2, 0.25) is 19.6 Å². The number of rotatable bonds is 4. The van der Waals surface area contributed by atoms with E-state index in [1.165, 1.54) is 0 Å². The summed E-state index contributed by atoms with van der Waals surface area (Å²) in [6.45, 7) is 8.49. The summed E-state index contributed by atoms with van der Waals surface area (Å²) < 4.78 is 5.24. The minimum Gasteiger partial charge on any atom is -0.456 e. The van der Waals surface area contributed by atoms with Gasteiger partial charge in [-0.05, 0) is 26.1 Å². The normalized spacial score (nSPS) is 12.4. The highest BCUT2D eigenvalue weighted by molar-refractivity contribution is 6.69. The van der Waals surface area contributed by atoms with Crippen molar-refractivity contribution in [2.24, 2.45) is 5.16 Å². The van der Waals surface area contributed by atoms with Crippen molar-refractivity contribution < 1.29 is 4.53 Å². The van der Waals surface area contributed by atoms with Crippen LogP contribution < -0.4 is 0 Å². The Morgan fingerprint density at radius 2 is 2.00 bits per heavy atom. The predicted molar refractivity (Wildman–Crippen MR) is 47.8 cm³/mol. The van der Waals surface area contributed by atoms with Crippen LogP contribution in [0.4, 0.5) is 0 Å². The lowest BCUT2D eigenvalue weighted by Crippen LogP contribution is -2.22. The maximum Gasteiger partial charge on any atom is 0.278 e. The van der Waals surface area contributed by atoms with Crippen LogP contribution in [-0.4, -0.2) is 14.5 Å². The Labute approximate surface area is 64.4 Å². The van der Waals surface area contributed by atoms with E-state index in [1.807, 2.05) is 6.21 Å². The summed E-state index contributed by atoms with van der Waals surface area (Å²) in [6, 6.07) is 0. The molecule has 0 rings (SSSR count). The van der Waals surface area contributed by atoms with Gasteiger partial charge in [0.15, 0.2) is 0 Å². The van der Waals surface area contributed by atoms with Gasteiger partial charge in [-0.3, -0.25) is 0 Å². The minimum absolute atomic E-state index is 1.02. The lowest BCUT2D eigenvalue weighted by atomic mass is 10.4. The van der Waals surface area contributed by atoms with Crippen LogP contribution in [0, 0.1) is 0 Å². The van der Waals surface area contributed by atoms with Crippen molar-refractivity contribution in [1.29, 1.82) is 0 Å². The van der Waals surface area contributed by atoms with Crippen LogP contribution in [-0.2, 0) is 4.53 Å². The number of oxime groups is 1. The molecule has 0 spiro atoms. The van der Waals surface area contributed by atoms with Crippen molar-refractivity contribution in [2.75, 3.05) is 0 Å². The molecule has 10 heavy (non-hydrogen) atoms. The first kappa shape index (κ1) is 9.69. The molecule has 2 nitrogen and oxygen atoms in total. The number of hydrogen-bond acceptors (Lipinski definition) is 2. The first-order chi connectivity index (χ1) is 4.56. The van der Waals surface area contributed by atoms with E-state index < -0.39 is 8.32 Å². The first-order valence-corrected chi connectivity index (χ1v) is 7.17. The number of unbranched alkanes of at least 4 members (excludes halogenated alkanes) is 1. The molecule has 0 saturated carbocycles. The van der Waals surface area contributed by atoms with Gasteiger partial charge >= 0.3 is 0 Å². The summed E-state index contributed by atoms with van der Waals surface area (Å²) in [7, 11) is -1.41. The molecule has 3 heteroatoms. The topological polar surface area (TPSA) is 21.6 Å². The zero-order valence-corrected chi connectivity index (χ0v) is 8.35. The molecule has 0 bridgehead atoms. The highest BCUT2D eigenvalue weighted by Crippen LogP contribution is 2.01. The fraction of sp³-hybridized carbons (Fsp3) is 0.857. The lowest BCUT2D eigenvalue weighted by Gasteiger charge is -2.11. The third kappa shape index (κ3) is 7.69. The Hall–Kier alpha value is -0.313. The zero-order valence-electron chi connectivity index (χ0n) is 7.35. The summed E-state index contributed by atoms with van der Waals surface area (Å²) in [5.41, 5.74) is 0. The molecule has 0 saturated heterocycles. The van der Waals surface area contributed by atoms with Crippen molar-refractivity contribution in [2.45, 2.75) is 39.4 Å². The molecule has 0 aliphatic heterocycles. The van der Waals surface area contributed by atoms with Gasteiger partial charge in [0.05, 0.1) is 0 Å². The van der Waals surface area contributed by atoms with Crippen LogP contribution in [0.15, 0.2) is 5.16 Å². The zero-order chi connectivity index (χ0) is 8.04. The Kier molecular flexibility index (Phi) is 4.35. The fourth-order valence-corrected chi connectivity index (χ4v) is 0.768. The molecule has 0 unspecified atom stereocenters. The summed E-state index contributed by atoms with van der Waals surface area (Å²) in [5, 5.41) is 3.87. The van der Waals surface area contributed by atoms with Gasteiger partial charge in [0.1, 0.15) is 0 Å². The van der Waals surface area contributed by atoms with E-state index in [0.717, 1.165) is 12.8 Å². The predicted octanol–water partition coefficient (Wildman–Crippen LogP) is 2.62. The second kappa shape index (κ2) is 4.49. The van der Waals surface area contributed by atoms with Crippen molar-refractivity contribution in [1.82, 2.24) is 0 Å².